The van der Waals surface area contributed by atoms with Crippen molar-refractivity contribution < 1.29 is 52.8 Å². The Kier molecular flexibility index (Phi) is 12.2. The van der Waals surface area contributed by atoms with E-state index in [0.717, 1.165) is 0 Å². The summed E-state index contributed by atoms with van der Waals surface area (Å²) in [4.78, 5) is 81.5. The number of unbranched alkanes of at least 4 members (excludes halogenated alkanes) is 2. The molecule has 1 aromatic heterocycles. The first-order chi connectivity index (χ1) is 29.8. The van der Waals surface area contributed by atoms with Gasteiger partial charge in [0.15, 0.2) is 5.60 Å². The summed E-state index contributed by atoms with van der Waals surface area (Å²) in [5, 5.41) is 15.6. The monoisotopic (exact) mass is 865 g/mol. The van der Waals surface area contributed by atoms with Crippen LogP contribution in [0.2, 0.25) is 0 Å². The molecule has 4 aromatic rings. The number of rotatable bonds is 12. The molecule has 3 aromatic carbocycles. The van der Waals surface area contributed by atoms with Gasteiger partial charge in [-0.1, -0.05) is 12.5 Å². The first kappa shape index (κ1) is 44.5. The van der Waals surface area contributed by atoms with E-state index in [-0.39, 0.29) is 65.3 Å². The summed E-state index contributed by atoms with van der Waals surface area (Å²) in [5.41, 5.74) is 3.63. The third-order valence-electron chi connectivity index (χ3n) is 10.9. The van der Waals surface area contributed by atoms with Gasteiger partial charge in [0.05, 0.1) is 29.0 Å². The quantitative estimate of drug-likeness (QED) is 0.0829. The number of nitrogens with one attached hydrogen (secondary N) is 2. The number of anilines is 1. The zero-order valence-corrected chi connectivity index (χ0v) is 35.9. The standard InChI is InChI=1S/C46H51N5O12/c1-44(2,3)41(56)59-26-12-15-30-33(21-26)61-34-22-27(60-42(57)45(4,5)6)13-16-31(34)46(30)29-14-11-25(20-28(29)40(55)63-46)39(54)48-18-9-7-8-10-37(53)49-32-23-38(62-35(32)24-52)51-19-17-36(47)50-43(51)58/h11-17,19-22,32,35,38,52H,7-10,18,23-24H2,1-6H3,(H,48,54)(H,49,53)(H2,47,50,58)/t32-,35+,38+/m0/s1. The van der Waals surface area contributed by atoms with E-state index in [0.29, 0.717) is 42.5 Å². The van der Waals surface area contributed by atoms with Gasteiger partial charge in [0.25, 0.3) is 5.91 Å². The minimum absolute atomic E-state index is 0.0773. The maximum Gasteiger partial charge on any atom is 0.351 e. The van der Waals surface area contributed by atoms with Crippen molar-refractivity contribution >= 4 is 35.5 Å². The number of amides is 2. The second-order valence-corrected chi connectivity index (χ2v) is 17.9. The Hall–Kier alpha value is -6.59. The summed E-state index contributed by atoms with van der Waals surface area (Å²) in [5.74, 6) is -1.28. The molecule has 17 nitrogen and oxygen atoms in total. The van der Waals surface area contributed by atoms with Gasteiger partial charge < -0.3 is 45.2 Å². The molecule has 7 rings (SSSR count). The molecule has 3 atom stereocenters. The zero-order chi connectivity index (χ0) is 45.4. The van der Waals surface area contributed by atoms with Crippen LogP contribution < -0.4 is 36.3 Å². The van der Waals surface area contributed by atoms with E-state index in [1.807, 2.05) is 0 Å². The number of nitrogens with two attached hydrogens (primary N) is 1. The maximum atomic E-state index is 13.8. The van der Waals surface area contributed by atoms with Crippen LogP contribution in [0.25, 0.3) is 0 Å². The van der Waals surface area contributed by atoms with Crippen LogP contribution in [-0.4, -0.2) is 69.7 Å². The van der Waals surface area contributed by atoms with Crippen molar-refractivity contribution in [1.82, 2.24) is 20.2 Å². The fourth-order valence-electron chi connectivity index (χ4n) is 7.51. The number of nitrogens with zero attached hydrogens (tertiary/aromatic N) is 2. The molecule has 3 aliphatic heterocycles. The number of esters is 3. The molecular weight excluding hydrogens is 815 g/mol. The molecular formula is C46H51N5O12. The van der Waals surface area contributed by atoms with Crippen molar-refractivity contribution in [1.29, 1.82) is 0 Å². The Morgan fingerprint density at radius 2 is 1.48 bits per heavy atom. The number of hydrogen-bond acceptors (Lipinski definition) is 14. The van der Waals surface area contributed by atoms with Gasteiger partial charge in [-0.05, 0) is 96.8 Å². The van der Waals surface area contributed by atoms with Crippen LogP contribution in [0, 0.1) is 10.8 Å². The molecule has 0 radical (unpaired) electrons. The van der Waals surface area contributed by atoms with E-state index in [1.54, 1.807) is 77.9 Å². The van der Waals surface area contributed by atoms with Gasteiger partial charge >= 0.3 is 23.6 Å². The van der Waals surface area contributed by atoms with E-state index in [1.165, 1.54) is 35.0 Å². The second-order valence-electron chi connectivity index (χ2n) is 17.9. The SMILES string of the molecule is CC(C)(C)C(=O)Oc1ccc2c(c1)Oc1cc(OC(=O)C(C)(C)C)ccc1C21OC(=O)c2cc(C(=O)NCCCCCC(=O)N[C@H]3C[C@H](n4ccc(N)nc4=O)O[C@@H]3CO)ccc21. The first-order valence-corrected chi connectivity index (χ1v) is 20.8. The summed E-state index contributed by atoms with van der Waals surface area (Å²) in [6, 6.07) is 15.3. The summed E-state index contributed by atoms with van der Waals surface area (Å²) in [6.07, 6.45) is 2.24. The van der Waals surface area contributed by atoms with Gasteiger partial charge in [-0.3, -0.25) is 23.7 Å². The lowest BCUT2D eigenvalue weighted by molar-refractivity contribution is -0.143. The van der Waals surface area contributed by atoms with Crippen molar-refractivity contribution in [2.45, 2.75) is 97.6 Å². The van der Waals surface area contributed by atoms with Crippen molar-refractivity contribution in [2.24, 2.45) is 10.8 Å². The average molecular weight is 866 g/mol. The highest BCUT2D eigenvalue weighted by Crippen LogP contribution is 2.57. The third kappa shape index (κ3) is 9.15. The second kappa shape index (κ2) is 17.3. The molecule has 1 fully saturated rings. The predicted molar refractivity (Wildman–Crippen MR) is 226 cm³/mol. The normalized spacial score (nSPS) is 18.3. The Bertz CT molecular complexity index is 2460. The molecule has 0 unspecified atom stereocenters. The van der Waals surface area contributed by atoms with Crippen LogP contribution >= 0.6 is 0 Å². The number of carbonyl (C=O) groups is 5. The molecule has 1 spiro atoms. The van der Waals surface area contributed by atoms with Gasteiger partial charge in [0, 0.05) is 60.0 Å². The highest BCUT2D eigenvalue weighted by atomic mass is 16.6. The van der Waals surface area contributed by atoms with E-state index >= 15 is 0 Å². The summed E-state index contributed by atoms with van der Waals surface area (Å²) < 4.78 is 31.0. The van der Waals surface area contributed by atoms with E-state index in [2.05, 4.69) is 15.6 Å². The van der Waals surface area contributed by atoms with Crippen LogP contribution in [0.1, 0.15) is 117 Å². The fourth-order valence-corrected chi connectivity index (χ4v) is 7.51. The molecule has 63 heavy (non-hydrogen) atoms. The molecule has 3 aliphatic rings. The zero-order valence-electron chi connectivity index (χ0n) is 35.9. The van der Waals surface area contributed by atoms with Gasteiger partial charge in [-0.2, -0.15) is 4.98 Å². The van der Waals surface area contributed by atoms with Crippen molar-refractivity contribution in [3.05, 3.63) is 105 Å². The third-order valence-corrected chi connectivity index (χ3v) is 10.9. The fraction of sp³-hybridized carbons (Fsp3) is 0.413. The highest BCUT2D eigenvalue weighted by Gasteiger charge is 2.54. The number of benzene rings is 3. The van der Waals surface area contributed by atoms with Gasteiger partial charge in [-0.15, -0.1) is 0 Å². The molecule has 0 bridgehead atoms. The minimum atomic E-state index is -1.53. The Labute approximate surface area is 363 Å². The van der Waals surface area contributed by atoms with Crippen molar-refractivity contribution in [3.63, 3.8) is 0 Å². The molecule has 2 amide bonds. The van der Waals surface area contributed by atoms with Crippen molar-refractivity contribution in [2.75, 3.05) is 18.9 Å². The predicted octanol–water partition coefficient (Wildman–Crippen LogP) is 5.05. The van der Waals surface area contributed by atoms with E-state index < -0.39 is 64.3 Å². The Morgan fingerprint density at radius 3 is 2.06 bits per heavy atom. The number of aromatic nitrogens is 2. The van der Waals surface area contributed by atoms with Crippen LogP contribution in [0.5, 0.6) is 23.0 Å². The Balaban J connectivity index is 1.01. The summed E-state index contributed by atoms with van der Waals surface area (Å²) in [7, 11) is 0. The number of hydrogen-bond donors (Lipinski definition) is 4. The summed E-state index contributed by atoms with van der Waals surface area (Å²) >= 11 is 0. The number of nitrogen functional groups attached to an aromatic ring is 1. The molecule has 1 saturated heterocycles. The average Bonchev–Trinajstić information content (AvgIpc) is 3.75. The molecule has 0 aliphatic carbocycles. The van der Waals surface area contributed by atoms with Crippen molar-refractivity contribution in [3.8, 4) is 23.0 Å². The molecule has 0 saturated carbocycles. The van der Waals surface area contributed by atoms with E-state index in [9.17, 15) is 33.9 Å². The van der Waals surface area contributed by atoms with Gasteiger partial charge in [0.1, 0.15) is 41.1 Å². The summed E-state index contributed by atoms with van der Waals surface area (Å²) in [6.45, 7) is 10.4. The number of carbonyl (C=O) groups excluding carboxylic acids is 5. The number of fused-ring (bicyclic) bond motifs is 6. The molecule has 4 heterocycles. The van der Waals surface area contributed by atoms with Crippen LogP contribution in [0.3, 0.4) is 0 Å². The number of aliphatic hydroxyl groups excluding tert-OH is 1. The van der Waals surface area contributed by atoms with Crippen LogP contribution in [0.15, 0.2) is 71.7 Å². The molecule has 17 heteroatoms. The lowest BCUT2D eigenvalue weighted by atomic mass is 9.77. The number of ether oxygens (including phenoxy) is 5. The first-order valence-electron chi connectivity index (χ1n) is 20.8. The van der Waals surface area contributed by atoms with Crippen LogP contribution in [0.4, 0.5) is 5.82 Å². The molecule has 332 valence electrons. The largest absolute Gasteiger partial charge is 0.456 e. The molecule has 5 N–H and O–H groups in total. The maximum absolute atomic E-state index is 13.8. The lowest BCUT2D eigenvalue weighted by Gasteiger charge is -2.36. The van der Waals surface area contributed by atoms with Crippen LogP contribution in [-0.2, 0) is 29.5 Å². The van der Waals surface area contributed by atoms with E-state index in [4.69, 9.17) is 29.4 Å². The number of aliphatic hydroxyl groups is 1. The lowest BCUT2D eigenvalue weighted by Crippen LogP contribution is -2.41. The highest BCUT2D eigenvalue weighted by molar-refractivity contribution is 6.01. The smallest absolute Gasteiger partial charge is 0.351 e. The van der Waals surface area contributed by atoms with Gasteiger partial charge in [-0.25, -0.2) is 9.59 Å². The van der Waals surface area contributed by atoms with Gasteiger partial charge in [0.2, 0.25) is 5.91 Å². The minimum Gasteiger partial charge on any atom is -0.456 e. The topological polar surface area (TPSA) is 237 Å². The Morgan fingerprint density at radius 1 is 0.857 bits per heavy atom.